The zero-order chi connectivity index (χ0) is 14.2. The van der Waals surface area contributed by atoms with Crippen LogP contribution in [0.4, 0.5) is 33.5 Å². The number of halogens is 5. The van der Waals surface area contributed by atoms with E-state index >= 15 is 0 Å². The number of rotatable bonds is 2. The minimum absolute atomic E-state index is 0.0572. The summed E-state index contributed by atoms with van der Waals surface area (Å²) in [5.41, 5.74) is -0.373. The van der Waals surface area contributed by atoms with E-state index in [-0.39, 0.29) is 11.6 Å². The molecule has 2 nitrogen and oxygen atoms in total. The molecule has 0 fully saturated rings. The van der Waals surface area contributed by atoms with Gasteiger partial charge in [-0.2, -0.15) is 9.37 Å². The predicted molar refractivity (Wildman–Crippen MR) is 58.5 cm³/mol. The second-order valence-electron chi connectivity index (χ2n) is 3.80. The first kappa shape index (κ1) is 13.3. The second kappa shape index (κ2) is 4.83. The van der Waals surface area contributed by atoms with Crippen LogP contribution in [0.2, 0.25) is 0 Å². The standard InChI is InChI=1S/C12H7F5N2/c1-5-2-7(14)10(4-6(5)13)18-12-9(16)3-8(15)11(17)19-12/h2-4H,1H3,(H,18,19). The van der Waals surface area contributed by atoms with Gasteiger partial charge in [-0.1, -0.05) is 0 Å². The lowest BCUT2D eigenvalue weighted by Gasteiger charge is -2.09. The highest BCUT2D eigenvalue weighted by molar-refractivity contribution is 5.58. The summed E-state index contributed by atoms with van der Waals surface area (Å²) < 4.78 is 65.5. The molecule has 1 aromatic carbocycles. The number of aryl methyl sites for hydroxylation is 1. The molecular weight excluding hydrogens is 267 g/mol. The molecule has 1 heterocycles. The third kappa shape index (κ3) is 2.64. The van der Waals surface area contributed by atoms with E-state index in [1.54, 1.807) is 0 Å². The van der Waals surface area contributed by atoms with Crippen molar-refractivity contribution in [1.82, 2.24) is 4.98 Å². The van der Waals surface area contributed by atoms with Crippen LogP contribution in [-0.4, -0.2) is 4.98 Å². The van der Waals surface area contributed by atoms with Crippen LogP contribution in [0, 0.1) is 36.1 Å². The molecule has 0 unspecified atom stereocenters. The number of nitrogens with zero attached hydrogens (tertiary/aromatic N) is 1. The van der Waals surface area contributed by atoms with Gasteiger partial charge < -0.3 is 5.32 Å². The lowest BCUT2D eigenvalue weighted by atomic mass is 10.2. The van der Waals surface area contributed by atoms with E-state index in [1.807, 2.05) is 0 Å². The first-order valence-electron chi connectivity index (χ1n) is 5.12. The van der Waals surface area contributed by atoms with Crippen molar-refractivity contribution in [3.05, 3.63) is 53.0 Å². The highest BCUT2D eigenvalue weighted by Crippen LogP contribution is 2.24. The van der Waals surface area contributed by atoms with Crippen molar-refractivity contribution in [2.24, 2.45) is 0 Å². The molecule has 0 saturated heterocycles. The lowest BCUT2D eigenvalue weighted by Crippen LogP contribution is -2.03. The van der Waals surface area contributed by atoms with Crippen molar-refractivity contribution in [3.8, 4) is 0 Å². The third-order valence-corrected chi connectivity index (χ3v) is 2.39. The van der Waals surface area contributed by atoms with E-state index in [0.717, 1.165) is 12.1 Å². The van der Waals surface area contributed by atoms with E-state index in [4.69, 9.17) is 0 Å². The molecule has 2 aromatic rings. The Kier molecular flexibility index (Phi) is 3.37. The predicted octanol–water partition coefficient (Wildman–Crippen LogP) is 3.83. The first-order valence-corrected chi connectivity index (χ1v) is 5.12. The van der Waals surface area contributed by atoms with Crippen molar-refractivity contribution < 1.29 is 22.0 Å². The summed E-state index contributed by atoms with van der Waals surface area (Å²) in [6, 6.07) is 1.91. The van der Waals surface area contributed by atoms with Crippen LogP contribution in [0.25, 0.3) is 0 Å². The van der Waals surface area contributed by atoms with Gasteiger partial charge in [0.15, 0.2) is 17.5 Å². The van der Waals surface area contributed by atoms with Gasteiger partial charge in [-0.05, 0) is 18.6 Å². The molecule has 100 valence electrons. The highest BCUT2D eigenvalue weighted by Gasteiger charge is 2.14. The van der Waals surface area contributed by atoms with E-state index in [1.165, 1.54) is 6.92 Å². The van der Waals surface area contributed by atoms with Crippen LogP contribution in [0.3, 0.4) is 0 Å². The van der Waals surface area contributed by atoms with Crippen molar-refractivity contribution in [1.29, 1.82) is 0 Å². The number of anilines is 2. The normalized spacial score (nSPS) is 10.6. The van der Waals surface area contributed by atoms with Gasteiger partial charge in [0.2, 0.25) is 0 Å². The Hall–Kier alpha value is -2.18. The maximum Gasteiger partial charge on any atom is 0.251 e. The van der Waals surface area contributed by atoms with Gasteiger partial charge in [0.05, 0.1) is 5.69 Å². The van der Waals surface area contributed by atoms with Gasteiger partial charge >= 0.3 is 0 Å². The Balaban J connectivity index is 2.42. The fourth-order valence-corrected chi connectivity index (χ4v) is 1.40. The molecule has 2 rings (SSSR count). The van der Waals surface area contributed by atoms with Crippen molar-refractivity contribution >= 4 is 11.5 Å². The summed E-state index contributed by atoms with van der Waals surface area (Å²) in [6.45, 7) is 1.35. The number of hydrogen-bond donors (Lipinski definition) is 1. The van der Waals surface area contributed by atoms with Gasteiger partial charge in [-0.25, -0.2) is 17.6 Å². The quantitative estimate of drug-likeness (QED) is 0.665. The average molecular weight is 274 g/mol. The molecule has 7 heteroatoms. The summed E-state index contributed by atoms with van der Waals surface area (Å²) in [5, 5.41) is 2.07. The Bertz CT molecular complexity index is 587. The maximum atomic E-state index is 13.5. The number of nitrogens with one attached hydrogen (secondary N) is 1. The molecule has 0 saturated carbocycles. The van der Waals surface area contributed by atoms with E-state index in [9.17, 15) is 22.0 Å². The number of benzene rings is 1. The Morgan fingerprint density at radius 1 is 0.842 bits per heavy atom. The lowest BCUT2D eigenvalue weighted by molar-refractivity contribution is 0.467. The molecule has 0 radical (unpaired) electrons. The summed E-state index contributed by atoms with van der Waals surface area (Å²) in [7, 11) is 0. The minimum atomic E-state index is -1.54. The summed E-state index contributed by atoms with van der Waals surface area (Å²) >= 11 is 0. The fraction of sp³-hybridized carbons (Fsp3) is 0.0833. The van der Waals surface area contributed by atoms with E-state index < -0.39 is 40.7 Å². The molecule has 1 aromatic heterocycles. The number of pyridine rings is 1. The van der Waals surface area contributed by atoms with Gasteiger partial charge in [0.25, 0.3) is 5.95 Å². The van der Waals surface area contributed by atoms with Crippen LogP contribution < -0.4 is 5.32 Å². The van der Waals surface area contributed by atoms with Crippen molar-refractivity contribution in [3.63, 3.8) is 0 Å². The Morgan fingerprint density at radius 3 is 2.21 bits per heavy atom. The van der Waals surface area contributed by atoms with Gasteiger partial charge in [0.1, 0.15) is 11.6 Å². The smallest absolute Gasteiger partial charge is 0.251 e. The fourth-order valence-electron chi connectivity index (χ4n) is 1.40. The van der Waals surface area contributed by atoms with Crippen LogP contribution >= 0.6 is 0 Å². The Labute approximate surface area is 104 Å². The minimum Gasteiger partial charge on any atom is -0.335 e. The molecular formula is C12H7F5N2. The zero-order valence-corrected chi connectivity index (χ0v) is 9.57. The topological polar surface area (TPSA) is 24.9 Å². The molecule has 0 bridgehead atoms. The molecule has 0 aliphatic heterocycles. The van der Waals surface area contributed by atoms with Crippen LogP contribution in [0.15, 0.2) is 18.2 Å². The monoisotopic (exact) mass is 274 g/mol. The molecule has 0 atom stereocenters. The molecule has 0 amide bonds. The van der Waals surface area contributed by atoms with Gasteiger partial charge in [-0.15, -0.1) is 0 Å². The largest absolute Gasteiger partial charge is 0.335 e. The van der Waals surface area contributed by atoms with E-state index in [2.05, 4.69) is 10.3 Å². The second-order valence-corrected chi connectivity index (χ2v) is 3.80. The summed E-state index contributed by atoms with van der Waals surface area (Å²) in [4.78, 5) is 2.94. The van der Waals surface area contributed by atoms with Gasteiger partial charge in [0, 0.05) is 12.1 Å². The molecule has 0 spiro atoms. The maximum absolute atomic E-state index is 13.5. The first-order chi connectivity index (χ1) is 8.88. The molecule has 0 aliphatic carbocycles. The molecule has 0 aliphatic rings. The number of hydrogen-bond acceptors (Lipinski definition) is 2. The molecule has 19 heavy (non-hydrogen) atoms. The molecule has 1 N–H and O–H groups in total. The summed E-state index contributed by atoms with van der Waals surface area (Å²) in [5.74, 6) is -6.58. The SMILES string of the molecule is Cc1cc(F)c(Nc2nc(F)c(F)cc2F)cc1F. The highest BCUT2D eigenvalue weighted by atomic mass is 19.2. The zero-order valence-electron chi connectivity index (χ0n) is 9.57. The number of aromatic nitrogens is 1. The van der Waals surface area contributed by atoms with Crippen LogP contribution in [-0.2, 0) is 0 Å². The van der Waals surface area contributed by atoms with Crippen LogP contribution in [0.1, 0.15) is 5.56 Å². The summed E-state index contributed by atoms with van der Waals surface area (Å²) in [6.07, 6.45) is 0. The third-order valence-electron chi connectivity index (χ3n) is 2.39. The van der Waals surface area contributed by atoms with Crippen molar-refractivity contribution in [2.75, 3.05) is 5.32 Å². The Morgan fingerprint density at radius 2 is 1.53 bits per heavy atom. The average Bonchev–Trinajstić information content (AvgIpc) is 2.32. The van der Waals surface area contributed by atoms with E-state index in [0.29, 0.717) is 0 Å². The van der Waals surface area contributed by atoms with Crippen molar-refractivity contribution in [2.45, 2.75) is 6.92 Å². The van der Waals surface area contributed by atoms with Gasteiger partial charge in [-0.3, -0.25) is 0 Å². The van der Waals surface area contributed by atoms with Crippen LogP contribution in [0.5, 0.6) is 0 Å².